The summed E-state index contributed by atoms with van der Waals surface area (Å²) in [5.74, 6) is -1.99. The molecule has 1 atom stereocenters. The number of nitrogens with zero attached hydrogens (tertiary/aromatic N) is 2. The van der Waals surface area contributed by atoms with Gasteiger partial charge in [-0.3, -0.25) is 9.59 Å². The lowest BCUT2D eigenvalue weighted by atomic mass is 9.95. The van der Waals surface area contributed by atoms with E-state index in [0.717, 1.165) is 18.7 Å². The quantitative estimate of drug-likeness (QED) is 0.427. The summed E-state index contributed by atoms with van der Waals surface area (Å²) in [6, 6.07) is 12.0. The van der Waals surface area contributed by atoms with E-state index >= 15 is 0 Å². The molecule has 0 aromatic heterocycles. The molecule has 1 saturated heterocycles. The third-order valence-corrected chi connectivity index (χ3v) is 5.60. The van der Waals surface area contributed by atoms with E-state index in [-0.39, 0.29) is 11.3 Å². The lowest BCUT2D eigenvalue weighted by molar-refractivity contribution is -0.140. The molecular weight excluding hydrogens is 383 g/mol. The average Bonchev–Trinajstić information content (AvgIpc) is 3.00. The number of Topliss-reactive ketones (excluding diaryl/α,β-unsaturated/α-hetero) is 1. The molecule has 1 aliphatic rings. The molecule has 0 saturated carbocycles. The van der Waals surface area contributed by atoms with Gasteiger partial charge in [-0.05, 0) is 37.7 Å². The van der Waals surface area contributed by atoms with Crippen LogP contribution in [0.15, 0.2) is 54.1 Å². The number of amides is 1. The van der Waals surface area contributed by atoms with Crippen molar-refractivity contribution in [3.05, 3.63) is 76.6 Å². The number of likely N-dealkylation sites (tertiary alicyclic amines) is 1. The summed E-state index contributed by atoms with van der Waals surface area (Å²) < 4.78 is 13.5. The van der Waals surface area contributed by atoms with Gasteiger partial charge >= 0.3 is 0 Å². The standard InChI is InChI=1S/C24H27FN2O3/c1-4-26(5-2)14-15-27-21(17-10-12-19(25)13-11-17)20(23(29)24(27)30)22(28)18-8-6-16(3)7-9-18/h6-13,21,28H,4-5,14-15H2,1-3H3/b22-20+/t21-/m0/s1. The Balaban J connectivity index is 2.08. The fourth-order valence-electron chi connectivity index (χ4n) is 3.76. The number of rotatable bonds is 7. The van der Waals surface area contributed by atoms with E-state index in [4.69, 9.17) is 0 Å². The Morgan fingerprint density at radius 1 is 1.03 bits per heavy atom. The zero-order valence-corrected chi connectivity index (χ0v) is 17.6. The van der Waals surface area contributed by atoms with Gasteiger partial charge in [0.15, 0.2) is 0 Å². The highest BCUT2D eigenvalue weighted by Crippen LogP contribution is 2.39. The SMILES string of the molecule is CCN(CC)CCN1C(=O)C(=O)/C(=C(/O)c2ccc(C)cc2)[C@@H]1c1ccc(F)cc1. The first-order chi connectivity index (χ1) is 14.4. The normalized spacial score (nSPS) is 18.4. The summed E-state index contributed by atoms with van der Waals surface area (Å²) in [5.41, 5.74) is 2.11. The molecule has 158 valence electrons. The maximum atomic E-state index is 13.5. The number of aliphatic hydroxyl groups excluding tert-OH is 1. The number of likely N-dealkylation sites (N-methyl/N-ethyl adjacent to an activating group) is 1. The molecule has 3 rings (SSSR count). The topological polar surface area (TPSA) is 60.9 Å². The maximum absolute atomic E-state index is 13.5. The van der Waals surface area contributed by atoms with Crippen LogP contribution in [0.1, 0.15) is 36.6 Å². The molecule has 0 radical (unpaired) electrons. The first-order valence-corrected chi connectivity index (χ1v) is 10.2. The van der Waals surface area contributed by atoms with Gasteiger partial charge in [0.05, 0.1) is 11.6 Å². The molecule has 0 aliphatic carbocycles. The van der Waals surface area contributed by atoms with Gasteiger partial charge < -0.3 is 14.9 Å². The molecule has 1 fully saturated rings. The summed E-state index contributed by atoms with van der Waals surface area (Å²) in [6.07, 6.45) is 0. The van der Waals surface area contributed by atoms with Crippen molar-refractivity contribution in [1.29, 1.82) is 0 Å². The van der Waals surface area contributed by atoms with E-state index in [1.807, 2.05) is 32.9 Å². The molecule has 1 amide bonds. The van der Waals surface area contributed by atoms with Crippen LogP contribution in [-0.4, -0.2) is 52.8 Å². The van der Waals surface area contributed by atoms with E-state index in [9.17, 15) is 19.1 Å². The molecule has 0 spiro atoms. The fraction of sp³-hybridized carbons (Fsp3) is 0.333. The van der Waals surface area contributed by atoms with Gasteiger partial charge in [-0.2, -0.15) is 0 Å². The van der Waals surface area contributed by atoms with E-state index in [1.165, 1.54) is 17.0 Å². The molecule has 2 aromatic rings. The summed E-state index contributed by atoms with van der Waals surface area (Å²) in [4.78, 5) is 29.5. The Labute approximate surface area is 176 Å². The molecule has 1 heterocycles. The van der Waals surface area contributed by atoms with Crippen LogP contribution in [0.2, 0.25) is 0 Å². The van der Waals surface area contributed by atoms with Gasteiger partial charge in [-0.25, -0.2) is 4.39 Å². The van der Waals surface area contributed by atoms with Crippen LogP contribution in [0.3, 0.4) is 0 Å². The van der Waals surface area contributed by atoms with Gasteiger partial charge in [0.25, 0.3) is 11.7 Å². The highest BCUT2D eigenvalue weighted by atomic mass is 19.1. The second-order valence-electron chi connectivity index (χ2n) is 7.44. The van der Waals surface area contributed by atoms with Gasteiger partial charge in [0.1, 0.15) is 11.6 Å². The second kappa shape index (κ2) is 9.22. The Morgan fingerprint density at radius 2 is 1.63 bits per heavy atom. The number of benzene rings is 2. The number of hydrogen-bond acceptors (Lipinski definition) is 4. The van der Waals surface area contributed by atoms with Crippen molar-refractivity contribution in [1.82, 2.24) is 9.80 Å². The van der Waals surface area contributed by atoms with Gasteiger partial charge in [0.2, 0.25) is 0 Å². The number of carbonyl (C=O) groups excluding carboxylic acids is 2. The van der Waals surface area contributed by atoms with Crippen molar-refractivity contribution in [2.75, 3.05) is 26.2 Å². The fourth-order valence-corrected chi connectivity index (χ4v) is 3.76. The minimum atomic E-state index is -0.762. The van der Waals surface area contributed by atoms with Gasteiger partial charge in [-0.1, -0.05) is 55.8 Å². The minimum Gasteiger partial charge on any atom is -0.507 e. The van der Waals surface area contributed by atoms with Crippen LogP contribution in [0.25, 0.3) is 5.76 Å². The van der Waals surface area contributed by atoms with Crippen LogP contribution < -0.4 is 0 Å². The summed E-state index contributed by atoms with van der Waals surface area (Å²) in [6.45, 7) is 8.57. The number of halogens is 1. The molecular formula is C24H27FN2O3. The van der Waals surface area contributed by atoms with Crippen LogP contribution in [-0.2, 0) is 9.59 Å². The lowest BCUT2D eigenvalue weighted by Gasteiger charge is -2.28. The van der Waals surface area contributed by atoms with Crippen molar-refractivity contribution >= 4 is 17.4 Å². The maximum Gasteiger partial charge on any atom is 0.295 e. The van der Waals surface area contributed by atoms with E-state index in [2.05, 4.69) is 4.90 Å². The first kappa shape index (κ1) is 21.7. The monoisotopic (exact) mass is 410 g/mol. The number of aryl methyl sites for hydroxylation is 1. The number of carbonyl (C=O) groups is 2. The van der Waals surface area contributed by atoms with E-state index in [1.54, 1.807) is 24.3 Å². The smallest absolute Gasteiger partial charge is 0.295 e. The highest BCUT2D eigenvalue weighted by Gasteiger charge is 2.45. The summed E-state index contributed by atoms with van der Waals surface area (Å²) in [5, 5.41) is 11.0. The zero-order chi connectivity index (χ0) is 21.8. The first-order valence-electron chi connectivity index (χ1n) is 10.2. The van der Waals surface area contributed by atoms with Gasteiger partial charge in [0, 0.05) is 18.7 Å². The van der Waals surface area contributed by atoms with Crippen molar-refractivity contribution < 1.29 is 19.1 Å². The molecule has 5 nitrogen and oxygen atoms in total. The molecule has 1 aliphatic heterocycles. The van der Waals surface area contributed by atoms with Crippen molar-refractivity contribution in [3.63, 3.8) is 0 Å². The van der Waals surface area contributed by atoms with E-state index in [0.29, 0.717) is 24.2 Å². The Kier molecular flexibility index (Phi) is 6.67. The highest BCUT2D eigenvalue weighted by molar-refractivity contribution is 6.46. The third kappa shape index (κ3) is 4.28. The Bertz CT molecular complexity index is 947. The largest absolute Gasteiger partial charge is 0.507 e. The number of hydrogen-bond donors (Lipinski definition) is 1. The van der Waals surface area contributed by atoms with Crippen LogP contribution in [0, 0.1) is 12.7 Å². The second-order valence-corrected chi connectivity index (χ2v) is 7.44. The molecule has 0 bridgehead atoms. The molecule has 2 aromatic carbocycles. The van der Waals surface area contributed by atoms with Crippen molar-refractivity contribution in [2.45, 2.75) is 26.8 Å². The predicted octanol–water partition coefficient (Wildman–Crippen LogP) is 3.90. The lowest BCUT2D eigenvalue weighted by Crippen LogP contribution is -2.38. The van der Waals surface area contributed by atoms with Crippen molar-refractivity contribution in [3.8, 4) is 0 Å². The third-order valence-electron chi connectivity index (χ3n) is 5.60. The average molecular weight is 410 g/mol. The molecule has 30 heavy (non-hydrogen) atoms. The number of aliphatic hydroxyl groups is 1. The predicted molar refractivity (Wildman–Crippen MR) is 114 cm³/mol. The Morgan fingerprint density at radius 3 is 2.20 bits per heavy atom. The summed E-state index contributed by atoms with van der Waals surface area (Å²) in [7, 11) is 0. The van der Waals surface area contributed by atoms with Crippen LogP contribution >= 0.6 is 0 Å². The molecule has 6 heteroatoms. The van der Waals surface area contributed by atoms with E-state index < -0.39 is 23.5 Å². The summed E-state index contributed by atoms with van der Waals surface area (Å²) >= 11 is 0. The Hall–Kier alpha value is -2.99. The number of ketones is 1. The van der Waals surface area contributed by atoms with Crippen LogP contribution in [0.5, 0.6) is 0 Å². The minimum absolute atomic E-state index is 0.0370. The van der Waals surface area contributed by atoms with Gasteiger partial charge in [-0.15, -0.1) is 0 Å². The van der Waals surface area contributed by atoms with Crippen molar-refractivity contribution in [2.24, 2.45) is 0 Å². The molecule has 0 unspecified atom stereocenters. The molecule has 1 N–H and O–H groups in total. The van der Waals surface area contributed by atoms with Crippen LogP contribution in [0.4, 0.5) is 4.39 Å². The zero-order valence-electron chi connectivity index (χ0n) is 17.6.